The number of thiophene rings is 2. The van der Waals surface area contributed by atoms with E-state index in [-0.39, 0.29) is 10.8 Å². The second-order valence-corrected chi connectivity index (χ2v) is 30.0. The van der Waals surface area contributed by atoms with Crippen molar-refractivity contribution in [1.29, 1.82) is 0 Å². The lowest BCUT2D eigenvalue weighted by atomic mass is 9.70. The quantitative estimate of drug-likeness (QED) is 0.0377. The summed E-state index contributed by atoms with van der Waals surface area (Å²) in [4.78, 5) is 18.9. The standard InChI is InChI=1S/C87H101N3S2/c1-7-11-15-19-23-33-49-86(50-34-24-20-16-12-8-2)76-53-62(5)41-45-72(76)73-46-42-66(58-77(73)86)69-55-70(57-71(56-69)85-89-83(64-37-29-27-30-38-64)88-84(90-85)65-39-31-28-32-40-65)67-43-47-74-75-48-44-68(80-61-82-81(92-80)54-63(6)91-82)60-79(75)87(78(74)59-67,51-35-25-21-17-13-9-3)52-36-26-22-18-14-10-4/h27-32,37-48,53-61H,7-26,33-36,49-52H2,1-6H3. The third kappa shape index (κ3) is 14.5. The van der Waals surface area contributed by atoms with E-state index < -0.39 is 0 Å². The van der Waals surface area contributed by atoms with Crippen molar-refractivity contribution in [2.45, 2.75) is 232 Å². The van der Waals surface area contributed by atoms with Gasteiger partial charge in [-0.05, 0) is 160 Å². The Morgan fingerprint density at radius 1 is 0.283 bits per heavy atom. The molecular weight excluding hydrogens is 1150 g/mol. The largest absolute Gasteiger partial charge is 0.208 e. The number of aryl methyl sites for hydroxylation is 2. The van der Waals surface area contributed by atoms with Gasteiger partial charge in [0.15, 0.2) is 17.5 Å². The number of hydrogen-bond donors (Lipinski definition) is 0. The van der Waals surface area contributed by atoms with Gasteiger partial charge < -0.3 is 0 Å². The summed E-state index contributed by atoms with van der Waals surface area (Å²) in [7, 11) is 0. The Kier molecular flexibility index (Phi) is 22.0. The molecule has 0 saturated carbocycles. The van der Waals surface area contributed by atoms with Gasteiger partial charge in [0, 0.05) is 46.7 Å². The Bertz CT molecular complexity index is 3930. The zero-order valence-electron chi connectivity index (χ0n) is 56.5. The minimum absolute atomic E-state index is 0.0468. The van der Waals surface area contributed by atoms with E-state index in [4.69, 9.17) is 15.0 Å². The second-order valence-electron chi connectivity index (χ2n) is 27.6. The molecule has 92 heavy (non-hydrogen) atoms. The first-order chi connectivity index (χ1) is 45.2. The fourth-order valence-electron chi connectivity index (χ4n) is 15.9. The summed E-state index contributed by atoms with van der Waals surface area (Å²) in [5.74, 6) is 2.06. The fourth-order valence-corrected chi connectivity index (χ4v) is 18.2. The Morgan fingerprint density at radius 2 is 0.630 bits per heavy atom. The van der Waals surface area contributed by atoms with Crippen LogP contribution in [0.4, 0.5) is 0 Å². The van der Waals surface area contributed by atoms with Gasteiger partial charge in [-0.25, -0.2) is 15.0 Å². The highest BCUT2D eigenvalue weighted by molar-refractivity contribution is 7.29. The van der Waals surface area contributed by atoms with Crippen LogP contribution in [0.1, 0.15) is 240 Å². The molecule has 0 N–H and O–H groups in total. The van der Waals surface area contributed by atoms with Gasteiger partial charge in [0.2, 0.25) is 0 Å². The molecule has 12 rings (SSSR count). The molecule has 0 spiro atoms. The van der Waals surface area contributed by atoms with Crippen molar-refractivity contribution in [2.24, 2.45) is 0 Å². The van der Waals surface area contributed by atoms with E-state index in [1.54, 1.807) is 11.1 Å². The number of fused-ring (bicyclic) bond motifs is 7. The highest BCUT2D eigenvalue weighted by atomic mass is 32.1. The lowest BCUT2D eigenvalue weighted by Crippen LogP contribution is -2.25. The van der Waals surface area contributed by atoms with E-state index in [0.29, 0.717) is 17.5 Å². The topological polar surface area (TPSA) is 38.7 Å². The molecule has 7 aromatic carbocycles. The Balaban J connectivity index is 1.03. The Morgan fingerprint density at radius 3 is 1.05 bits per heavy atom. The van der Waals surface area contributed by atoms with Crippen LogP contribution < -0.4 is 0 Å². The van der Waals surface area contributed by atoms with Crippen molar-refractivity contribution in [3.8, 4) is 89.1 Å². The van der Waals surface area contributed by atoms with Crippen LogP contribution in [0.15, 0.2) is 164 Å². The van der Waals surface area contributed by atoms with Crippen LogP contribution in [0.25, 0.3) is 98.5 Å². The summed E-state index contributed by atoms with van der Waals surface area (Å²) in [6.45, 7) is 13.9. The summed E-state index contributed by atoms with van der Waals surface area (Å²) < 4.78 is 2.82. The number of unbranched alkanes of at least 4 members (excludes halogenated alkanes) is 20. The molecule has 5 heteroatoms. The van der Waals surface area contributed by atoms with Crippen LogP contribution in [0.3, 0.4) is 0 Å². The predicted molar refractivity (Wildman–Crippen MR) is 400 cm³/mol. The maximum absolute atomic E-state index is 5.46. The van der Waals surface area contributed by atoms with Crippen molar-refractivity contribution in [3.05, 3.63) is 196 Å². The summed E-state index contributed by atoms with van der Waals surface area (Å²) >= 11 is 3.90. The van der Waals surface area contributed by atoms with Crippen LogP contribution in [-0.4, -0.2) is 15.0 Å². The molecule has 0 unspecified atom stereocenters. The molecule has 2 aliphatic carbocycles. The molecule has 0 saturated heterocycles. The van der Waals surface area contributed by atoms with Crippen molar-refractivity contribution in [1.82, 2.24) is 15.0 Å². The first-order valence-electron chi connectivity index (χ1n) is 36.3. The highest BCUT2D eigenvalue weighted by Gasteiger charge is 2.44. The number of benzene rings is 7. The third-order valence-electron chi connectivity index (χ3n) is 20.9. The zero-order chi connectivity index (χ0) is 63.3. The molecule has 0 atom stereocenters. The molecule has 0 radical (unpaired) electrons. The van der Waals surface area contributed by atoms with E-state index in [0.717, 1.165) is 29.5 Å². The number of hydrogen-bond acceptors (Lipinski definition) is 5. The van der Waals surface area contributed by atoms with Gasteiger partial charge in [-0.2, -0.15) is 0 Å². The zero-order valence-corrected chi connectivity index (χ0v) is 58.2. The minimum atomic E-state index is -0.107. The monoisotopic (exact) mass is 1250 g/mol. The van der Waals surface area contributed by atoms with Crippen LogP contribution in [-0.2, 0) is 10.8 Å². The Labute approximate surface area is 561 Å². The second kappa shape index (κ2) is 31.0. The summed E-state index contributed by atoms with van der Waals surface area (Å²) in [5, 5.41) is 0. The van der Waals surface area contributed by atoms with Crippen LogP contribution >= 0.6 is 22.7 Å². The lowest BCUT2D eigenvalue weighted by Gasteiger charge is -2.33. The minimum Gasteiger partial charge on any atom is -0.208 e. The van der Waals surface area contributed by atoms with Crippen LogP contribution in [0, 0.1) is 13.8 Å². The predicted octanol–water partition coefficient (Wildman–Crippen LogP) is 27.3. The lowest BCUT2D eigenvalue weighted by molar-refractivity contribution is 0.398. The van der Waals surface area contributed by atoms with E-state index in [1.807, 2.05) is 22.7 Å². The van der Waals surface area contributed by atoms with Crippen molar-refractivity contribution >= 4 is 32.1 Å². The molecule has 0 aliphatic heterocycles. The molecule has 3 aromatic heterocycles. The average Bonchev–Trinajstić information content (AvgIpc) is 1.57. The van der Waals surface area contributed by atoms with Crippen LogP contribution in [0.2, 0.25) is 0 Å². The number of nitrogens with zero attached hydrogens (tertiary/aromatic N) is 3. The van der Waals surface area contributed by atoms with E-state index in [2.05, 4.69) is 205 Å². The van der Waals surface area contributed by atoms with Gasteiger partial charge in [-0.15, -0.1) is 22.7 Å². The van der Waals surface area contributed by atoms with Gasteiger partial charge in [0.05, 0.1) is 0 Å². The highest BCUT2D eigenvalue weighted by Crippen LogP contribution is 2.58. The van der Waals surface area contributed by atoms with Crippen molar-refractivity contribution < 1.29 is 0 Å². The first-order valence-corrected chi connectivity index (χ1v) is 37.9. The molecule has 3 nitrogen and oxygen atoms in total. The van der Waals surface area contributed by atoms with E-state index >= 15 is 0 Å². The van der Waals surface area contributed by atoms with Crippen molar-refractivity contribution in [3.63, 3.8) is 0 Å². The molecule has 2 aliphatic rings. The summed E-state index contributed by atoms with van der Waals surface area (Å²) in [5.41, 5.74) is 22.4. The maximum Gasteiger partial charge on any atom is 0.164 e. The van der Waals surface area contributed by atoms with E-state index in [1.165, 1.54) is 253 Å². The average molecular weight is 1250 g/mol. The summed E-state index contributed by atoms with van der Waals surface area (Å²) in [6, 6.07) is 63.4. The number of rotatable bonds is 34. The van der Waals surface area contributed by atoms with Gasteiger partial charge in [-0.3, -0.25) is 0 Å². The normalized spacial score (nSPS) is 13.4. The summed E-state index contributed by atoms with van der Waals surface area (Å²) in [6.07, 6.45) is 35.8. The molecule has 3 heterocycles. The van der Waals surface area contributed by atoms with Gasteiger partial charge in [0.1, 0.15) is 0 Å². The van der Waals surface area contributed by atoms with Crippen LogP contribution in [0.5, 0.6) is 0 Å². The van der Waals surface area contributed by atoms with Gasteiger partial charge >= 0.3 is 0 Å². The molecule has 0 bridgehead atoms. The first kappa shape index (κ1) is 65.3. The molecule has 0 amide bonds. The number of aromatic nitrogens is 3. The van der Waals surface area contributed by atoms with Gasteiger partial charge in [-0.1, -0.05) is 303 Å². The molecule has 0 fully saturated rings. The fraction of sp³-hybridized carbons (Fsp3) is 0.414. The van der Waals surface area contributed by atoms with E-state index in [9.17, 15) is 0 Å². The molecular formula is C87H101N3S2. The maximum atomic E-state index is 5.46. The third-order valence-corrected chi connectivity index (χ3v) is 23.1. The SMILES string of the molecule is CCCCCCCCC1(CCCCCCCC)c2cc(C)ccc2-c2ccc(-c3cc(-c4ccc5c(c4)C(CCCCCCCC)(CCCCCCCC)c4cc(-c6cc7sc(C)cc7s6)ccc4-5)cc(-c4nc(-c5ccccc5)nc(-c5ccccc5)n4)c3)cc21. The smallest absolute Gasteiger partial charge is 0.164 e. The van der Waals surface area contributed by atoms with Crippen molar-refractivity contribution in [2.75, 3.05) is 0 Å². The van der Waals surface area contributed by atoms with Gasteiger partial charge in [0.25, 0.3) is 0 Å². The molecule has 476 valence electrons. The molecule has 10 aromatic rings. The Hall–Kier alpha value is -6.79.